The van der Waals surface area contributed by atoms with E-state index in [0.717, 1.165) is 11.1 Å². The molecule has 0 atom stereocenters. The van der Waals surface area contributed by atoms with Crippen molar-refractivity contribution in [2.75, 3.05) is 7.11 Å². The van der Waals surface area contributed by atoms with Gasteiger partial charge < -0.3 is 4.74 Å². The summed E-state index contributed by atoms with van der Waals surface area (Å²) >= 11 is 3.25. The second-order valence-electron chi connectivity index (χ2n) is 4.70. The average Bonchev–Trinajstić information content (AvgIpc) is 2.92. The van der Waals surface area contributed by atoms with Crippen LogP contribution in [0.2, 0.25) is 0 Å². The average molecular weight is 369 g/mol. The third kappa shape index (κ3) is 2.56. The third-order valence-corrected chi connectivity index (χ3v) is 5.63. The van der Waals surface area contributed by atoms with Crippen LogP contribution >= 0.6 is 15.9 Å². The monoisotopic (exact) mass is 368 g/mol. The molecule has 5 nitrogen and oxygen atoms in total. The minimum absolute atomic E-state index is 0.0761. The Morgan fingerprint density at radius 2 is 1.86 bits per heavy atom. The SMILES string of the molecule is COc1ncc(Br)cc1S(=O)(=O)N1Cc2ccccc2C1. The summed E-state index contributed by atoms with van der Waals surface area (Å²) < 4.78 is 32.8. The van der Waals surface area contributed by atoms with E-state index >= 15 is 0 Å². The molecule has 1 aromatic heterocycles. The lowest BCUT2D eigenvalue weighted by Gasteiger charge is -2.17. The van der Waals surface area contributed by atoms with Gasteiger partial charge in [-0.25, -0.2) is 13.4 Å². The van der Waals surface area contributed by atoms with E-state index in [1.807, 2.05) is 24.3 Å². The van der Waals surface area contributed by atoms with Gasteiger partial charge in [0.25, 0.3) is 0 Å². The van der Waals surface area contributed by atoms with Crippen LogP contribution in [0.4, 0.5) is 0 Å². The zero-order valence-corrected chi connectivity index (χ0v) is 13.7. The second kappa shape index (κ2) is 5.40. The molecule has 0 aliphatic carbocycles. The molecular formula is C14H13BrN2O3S. The lowest BCUT2D eigenvalue weighted by atomic mass is 10.1. The van der Waals surface area contributed by atoms with E-state index in [9.17, 15) is 8.42 Å². The molecule has 0 fully saturated rings. The predicted octanol–water partition coefficient (Wildman–Crippen LogP) is 2.56. The maximum Gasteiger partial charge on any atom is 0.249 e. The summed E-state index contributed by atoms with van der Waals surface area (Å²) in [6.45, 7) is 0.738. The summed E-state index contributed by atoms with van der Waals surface area (Å²) in [6.07, 6.45) is 1.51. The summed E-state index contributed by atoms with van der Waals surface area (Å²) in [5, 5.41) is 0. The lowest BCUT2D eigenvalue weighted by Crippen LogP contribution is -2.26. The second-order valence-corrected chi connectivity index (χ2v) is 7.52. The van der Waals surface area contributed by atoms with Crippen LogP contribution in [0.1, 0.15) is 11.1 Å². The lowest BCUT2D eigenvalue weighted by molar-refractivity contribution is 0.377. The van der Waals surface area contributed by atoms with Crippen molar-refractivity contribution in [1.82, 2.24) is 9.29 Å². The number of methoxy groups -OCH3 is 1. The molecule has 1 aliphatic rings. The Morgan fingerprint density at radius 1 is 1.24 bits per heavy atom. The van der Waals surface area contributed by atoms with Crippen molar-refractivity contribution < 1.29 is 13.2 Å². The molecule has 0 saturated heterocycles. The summed E-state index contributed by atoms with van der Waals surface area (Å²) in [5.74, 6) is 0.106. The fourth-order valence-electron chi connectivity index (χ4n) is 2.36. The molecule has 0 unspecified atom stereocenters. The van der Waals surface area contributed by atoms with E-state index in [1.165, 1.54) is 23.7 Å². The quantitative estimate of drug-likeness (QED) is 0.835. The molecule has 0 spiro atoms. The van der Waals surface area contributed by atoms with Gasteiger partial charge in [0.15, 0.2) is 0 Å². The van der Waals surface area contributed by atoms with Gasteiger partial charge in [0.1, 0.15) is 4.90 Å². The molecule has 1 aromatic carbocycles. The van der Waals surface area contributed by atoms with Crippen molar-refractivity contribution in [2.45, 2.75) is 18.0 Å². The number of sulfonamides is 1. The van der Waals surface area contributed by atoms with Crippen LogP contribution < -0.4 is 4.74 Å². The Bertz CT molecular complexity index is 768. The van der Waals surface area contributed by atoms with E-state index in [2.05, 4.69) is 20.9 Å². The highest BCUT2D eigenvalue weighted by atomic mass is 79.9. The van der Waals surface area contributed by atoms with Gasteiger partial charge in [0.2, 0.25) is 15.9 Å². The summed E-state index contributed by atoms with van der Waals surface area (Å²) in [4.78, 5) is 4.08. The van der Waals surface area contributed by atoms with E-state index in [0.29, 0.717) is 17.6 Å². The molecule has 2 aromatic rings. The van der Waals surface area contributed by atoms with Gasteiger partial charge in [0.05, 0.1) is 7.11 Å². The molecule has 0 amide bonds. The molecule has 3 rings (SSSR count). The number of hydrogen-bond acceptors (Lipinski definition) is 4. The van der Waals surface area contributed by atoms with Crippen LogP contribution in [0.25, 0.3) is 0 Å². The number of benzene rings is 1. The third-order valence-electron chi connectivity index (χ3n) is 3.41. The zero-order valence-electron chi connectivity index (χ0n) is 11.3. The maximum absolute atomic E-state index is 12.8. The minimum atomic E-state index is -3.66. The van der Waals surface area contributed by atoms with Gasteiger partial charge in [-0.05, 0) is 33.1 Å². The van der Waals surface area contributed by atoms with Crippen molar-refractivity contribution >= 4 is 26.0 Å². The van der Waals surface area contributed by atoms with Crippen LogP contribution in [0.5, 0.6) is 5.88 Å². The van der Waals surface area contributed by atoms with Gasteiger partial charge in [0, 0.05) is 23.8 Å². The molecule has 1 aliphatic heterocycles. The summed E-state index contributed by atoms with van der Waals surface area (Å²) in [6, 6.07) is 9.24. The normalized spacial score (nSPS) is 15.0. The summed E-state index contributed by atoms with van der Waals surface area (Å²) in [5.41, 5.74) is 2.06. The molecule has 0 saturated carbocycles. The molecule has 0 radical (unpaired) electrons. The van der Waals surface area contributed by atoms with Crippen molar-refractivity contribution in [2.24, 2.45) is 0 Å². The first-order valence-electron chi connectivity index (χ1n) is 6.29. The van der Waals surface area contributed by atoms with Gasteiger partial charge >= 0.3 is 0 Å². The Labute approximate surface area is 131 Å². The first-order chi connectivity index (χ1) is 10.0. The highest BCUT2D eigenvalue weighted by Crippen LogP contribution is 2.32. The van der Waals surface area contributed by atoms with Crippen LogP contribution in [-0.4, -0.2) is 24.8 Å². The molecule has 0 bridgehead atoms. The number of ether oxygens (including phenoxy) is 1. The number of rotatable bonds is 3. The van der Waals surface area contributed by atoms with Crippen molar-refractivity contribution in [3.63, 3.8) is 0 Å². The van der Waals surface area contributed by atoms with E-state index in [1.54, 1.807) is 0 Å². The Balaban J connectivity index is 2.02. The van der Waals surface area contributed by atoms with Gasteiger partial charge in [-0.2, -0.15) is 4.31 Å². The smallest absolute Gasteiger partial charge is 0.249 e. The minimum Gasteiger partial charge on any atom is -0.480 e. The fraction of sp³-hybridized carbons (Fsp3) is 0.214. The van der Waals surface area contributed by atoms with Crippen LogP contribution in [0.3, 0.4) is 0 Å². The number of fused-ring (bicyclic) bond motifs is 1. The van der Waals surface area contributed by atoms with Crippen molar-refractivity contribution in [3.05, 3.63) is 52.1 Å². The molecular weight excluding hydrogens is 356 g/mol. The summed E-state index contributed by atoms with van der Waals surface area (Å²) in [7, 11) is -2.25. The molecule has 110 valence electrons. The van der Waals surface area contributed by atoms with E-state index < -0.39 is 10.0 Å². The van der Waals surface area contributed by atoms with Gasteiger partial charge in [-0.15, -0.1) is 0 Å². The maximum atomic E-state index is 12.8. The first kappa shape index (κ1) is 14.5. The van der Waals surface area contributed by atoms with Crippen LogP contribution in [-0.2, 0) is 23.1 Å². The zero-order chi connectivity index (χ0) is 15.0. The Morgan fingerprint density at radius 3 is 2.43 bits per heavy atom. The van der Waals surface area contributed by atoms with Crippen molar-refractivity contribution in [1.29, 1.82) is 0 Å². The predicted molar refractivity (Wildman–Crippen MR) is 81.4 cm³/mol. The van der Waals surface area contributed by atoms with Crippen LogP contribution in [0, 0.1) is 0 Å². The number of halogens is 1. The number of hydrogen-bond donors (Lipinski definition) is 0. The van der Waals surface area contributed by atoms with Gasteiger partial charge in [-0.1, -0.05) is 24.3 Å². The highest BCUT2D eigenvalue weighted by molar-refractivity contribution is 9.10. The number of nitrogens with zero attached hydrogens (tertiary/aromatic N) is 2. The van der Waals surface area contributed by atoms with E-state index in [4.69, 9.17) is 4.74 Å². The Kier molecular flexibility index (Phi) is 3.73. The van der Waals surface area contributed by atoms with Crippen molar-refractivity contribution in [3.8, 4) is 5.88 Å². The standard InChI is InChI=1S/C14H13BrN2O3S/c1-20-14-13(6-12(15)7-16-14)21(18,19)17-8-10-4-2-3-5-11(10)9-17/h2-7H,8-9H2,1H3. The molecule has 7 heteroatoms. The highest BCUT2D eigenvalue weighted by Gasteiger charge is 2.33. The molecule has 0 N–H and O–H groups in total. The molecule has 21 heavy (non-hydrogen) atoms. The number of aromatic nitrogens is 1. The molecule has 2 heterocycles. The van der Waals surface area contributed by atoms with E-state index in [-0.39, 0.29) is 10.8 Å². The Hall–Kier alpha value is -1.44. The van der Waals surface area contributed by atoms with Crippen LogP contribution in [0.15, 0.2) is 45.9 Å². The van der Waals surface area contributed by atoms with Gasteiger partial charge in [-0.3, -0.25) is 0 Å². The largest absolute Gasteiger partial charge is 0.480 e. The first-order valence-corrected chi connectivity index (χ1v) is 8.52. The fourth-order valence-corrected chi connectivity index (χ4v) is 4.37. The topological polar surface area (TPSA) is 59.5 Å². The number of pyridine rings is 1.